The molecule has 2 amide bonds. The average Bonchev–Trinajstić information content (AvgIpc) is 3.21. The number of hydrogen-bond acceptors (Lipinski definition) is 4. The topological polar surface area (TPSA) is 70.7 Å². The van der Waals surface area contributed by atoms with Crippen LogP contribution in [0, 0.1) is 11.7 Å². The lowest BCUT2D eigenvalue weighted by Crippen LogP contribution is -2.46. The highest BCUT2D eigenvalue weighted by atomic mass is 19.1. The highest BCUT2D eigenvalue weighted by Gasteiger charge is 2.32. The Kier molecular flexibility index (Phi) is 7.63. The summed E-state index contributed by atoms with van der Waals surface area (Å²) in [5.41, 5.74) is 1.55. The number of anilines is 1. The minimum absolute atomic E-state index is 0.116. The van der Waals surface area contributed by atoms with Crippen molar-refractivity contribution in [3.63, 3.8) is 0 Å². The van der Waals surface area contributed by atoms with Crippen molar-refractivity contribution in [2.45, 2.75) is 38.8 Å². The van der Waals surface area contributed by atoms with Crippen LogP contribution in [-0.2, 0) is 9.59 Å². The van der Waals surface area contributed by atoms with Gasteiger partial charge in [0.1, 0.15) is 11.6 Å². The Morgan fingerprint density at radius 1 is 1.13 bits per heavy atom. The summed E-state index contributed by atoms with van der Waals surface area (Å²) in [6.07, 6.45) is 1.57. The van der Waals surface area contributed by atoms with Gasteiger partial charge in [0, 0.05) is 5.69 Å². The number of halogens is 1. The van der Waals surface area contributed by atoms with E-state index >= 15 is 0 Å². The monoisotopic (exact) mass is 427 g/mol. The summed E-state index contributed by atoms with van der Waals surface area (Å²) in [6.45, 7) is 4.85. The molecule has 2 unspecified atom stereocenters. The van der Waals surface area contributed by atoms with Crippen LogP contribution in [-0.4, -0.2) is 43.0 Å². The molecule has 0 spiro atoms. The zero-order chi connectivity index (χ0) is 22.4. The lowest BCUT2D eigenvalue weighted by Gasteiger charge is -2.27. The Hall–Kier alpha value is -2.93. The van der Waals surface area contributed by atoms with E-state index in [1.807, 2.05) is 18.7 Å². The molecule has 3 rings (SSSR count). The predicted octanol–water partition coefficient (Wildman–Crippen LogP) is 3.75. The standard InChI is InChI=1S/C24H30FN3O3/c1-16(2)23(17-6-8-18(25)9-7-17)27-22(29)15-28-14-4-5-21(28)24(30)26-19-10-12-20(31-3)13-11-19/h6-13,16,21,23H,4-5,14-15H2,1-3H3,(H,26,30)(H,27,29). The van der Waals surface area contributed by atoms with Crippen LogP contribution in [0.3, 0.4) is 0 Å². The van der Waals surface area contributed by atoms with Crippen LogP contribution < -0.4 is 15.4 Å². The fourth-order valence-corrected chi connectivity index (χ4v) is 3.92. The first-order chi connectivity index (χ1) is 14.9. The first kappa shape index (κ1) is 22.7. The molecule has 1 heterocycles. The number of ether oxygens (including phenoxy) is 1. The maximum atomic E-state index is 13.3. The van der Waals surface area contributed by atoms with Crippen LogP contribution in [0.4, 0.5) is 10.1 Å². The summed E-state index contributed by atoms with van der Waals surface area (Å²) in [4.78, 5) is 27.5. The Morgan fingerprint density at radius 2 is 1.81 bits per heavy atom. The average molecular weight is 428 g/mol. The summed E-state index contributed by atoms with van der Waals surface area (Å²) in [7, 11) is 1.59. The number of carbonyl (C=O) groups excluding carboxylic acids is 2. The lowest BCUT2D eigenvalue weighted by atomic mass is 9.96. The van der Waals surface area contributed by atoms with Gasteiger partial charge in [-0.2, -0.15) is 0 Å². The van der Waals surface area contributed by atoms with E-state index in [9.17, 15) is 14.0 Å². The fourth-order valence-electron chi connectivity index (χ4n) is 3.92. The van der Waals surface area contributed by atoms with Gasteiger partial charge in [-0.05, 0) is 67.3 Å². The summed E-state index contributed by atoms with van der Waals surface area (Å²) >= 11 is 0. The number of nitrogens with one attached hydrogen (secondary N) is 2. The molecule has 1 aliphatic rings. The van der Waals surface area contributed by atoms with E-state index in [1.54, 1.807) is 43.5 Å². The first-order valence-corrected chi connectivity index (χ1v) is 10.6. The van der Waals surface area contributed by atoms with Crippen molar-refractivity contribution >= 4 is 17.5 Å². The molecule has 31 heavy (non-hydrogen) atoms. The summed E-state index contributed by atoms with van der Waals surface area (Å²) in [6, 6.07) is 12.8. The van der Waals surface area contributed by atoms with Crippen molar-refractivity contribution in [3.05, 3.63) is 59.9 Å². The van der Waals surface area contributed by atoms with Crippen molar-refractivity contribution in [2.24, 2.45) is 5.92 Å². The fraction of sp³-hybridized carbons (Fsp3) is 0.417. The second-order valence-electron chi connectivity index (χ2n) is 8.19. The van der Waals surface area contributed by atoms with E-state index in [4.69, 9.17) is 4.74 Å². The molecule has 1 aliphatic heterocycles. The molecular formula is C24H30FN3O3. The van der Waals surface area contributed by atoms with Crippen molar-refractivity contribution in [3.8, 4) is 5.75 Å². The van der Waals surface area contributed by atoms with Gasteiger partial charge in [0.2, 0.25) is 11.8 Å². The van der Waals surface area contributed by atoms with E-state index < -0.39 is 0 Å². The number of likely N-dealkylation sites (tertiary alicyclic amines) is 1. The van der Waals surface area contributed by atoms with Gasteiger partial charge in [-0.1, -0.05) is 26.0 Å². The van der Waals surface area contributed by atoms with Crippen LogP contribution >= 0.6 is 0 Å². The third kappa shape index (κ3) is 6.04. The van der Waals surface area contributed by atoms with Gasteiger partial charge < -0.3 is 15.4 Å². The molecule has 0 saturated carbocycles. The Labute approximate surface area is 182 Å². The van der Waals surface area contributed by atoms with Crippen molar-refractivity contribution in [2.75, 3.05) is 25.5 Å². The summed E-state index contributed by atoms with van der Waals surface area (Å²) in [5, 5.41) is 5.98. The first-order valence-electron chi connectivity index (χ1n) is 10.6. The van der Waals surface area contributed by atoms with Crippen LogP contribution in [0.15, 0.2) is 48.5 Å². The Balaban J connectivity index is 1.60. The number of methoxy groups -OCH3 is 1. The molecule has 1 saturated heterocycles. The molecule has 0 aromatic heterocycles. The summed E-state index contributed by atoms with van der Waals surface area (Å²) < 4.78 is 18.4. The third-order valence-electron chi connectivity index (χ3n) is 5.58. The van der Waals surface area contributed by atoms with Crippen molar-refractivity contribution in [1.29, 1.82) is 0 Å². The zero-order valence-corrected chi connectivity index (χ0v) is 18.2. The van der Waals surface area contributed by atoms with Crippen LogP contribution in [0.25, 0.3) is 0 Å². The van der Waals surface area contributed by atoms with Crippen LogP contribution in [0.5, 0.6) is 5.75 Å². The number of benzene rings is 2. The zero-order valence-electron chi connectivity index (χ0n) is 18.2. The summed E-state index contributed by atoms with van der Waals surface area (Å²) in [5.74, 6) is 0.294. The molecular weight excluding hydrogens is 397 g/mol. The minimum Gasteiger partial charge on any atom is -0.497 e. The van der Waals surface area contributed by atoms with E-state index in [1.165, 1.54) is 12.1 Å². The van der Waals surface area contributed by atoms with Crippen molar-refractivity contribution in [1.82, 2.24) is 10.2 Å². The highest BCUT2D eigenvalue weighted by Crippen LogP contribution is 2.23. The van der Waals surface area contributed by atoms with Crippen molar-refractivity contribution < 1.29 is 18.7 Å². The molecule has 2 aromatic rings. The molecule has 6 nitrogen and oxygen atoms in total. The third-order valence-corrected chi connectivity index (χ3v) is 5.58. The van der Waals surface area contributed by atoms with E-state index in [-0.39, 0.29) is 42.2 Å². The van der Waals surface area contributed by atoms with E-state index in [0.29, 0.717) is 18.7 Å². The minimum atomic E-state index is -0.351. The quantitative estimate of drug-likeness (QED) is 0.673. The number of amides is 2. The highest BCUT2D eigenvalue weighted by molar-refractivity contribution is 5.95. The van der Waals surface area contributed by atoms with Gasteiger partial charge in [0.15, 0.2) is 0 Å². The maximum Gasteiger partial charge on any atom is 0.241 e. The number of hydrogen-bond donors (Lipinski definition) is 2. The molecule has 2 aromatic carbocycles. The molecule has 7 heteroatoms. The molecule has 2 atom stereocenters. The van der Waals surface area contributed by atoms with Crippen LogP contribution in [0.1, 0.15) is 38.3 Å². The number of nitrogens with zero attached hydrogens (tertiary/aromatic N) is 1. The Bertz CT molecular complexity index is 884. The molecule has 0 aliphatic carbocycles. The van der Waals surface area contributed by atoms with Gasteiger partial charge in [-0.3, -0.25) is 14.5 Å². The van der Waals surface area contributed by atoms with Gasteiger partial charge in [0.05, 0.1) is 25.7 Å². The molecule has 0 bridgehead atoms. The van der Waals surface area contributed by atoms with Gasteiger partial charge >= 0.3 is 0 Å². The SMILES string of the molecule is COc1ccc(NC(=O)C2CCCN2CC(=O)NC(c2ccc(F)cc2)C(C)C)cc1. The second-order valence-corrected chi connectivity index (χ2v) is 8.19. The molecule has 166 valence electrons. The smallest absolute Gasteiger partial charge is 0.241 e. The van der Waals surface area contributed by atoms with E-state index in [0.717, 1.165) is 17.7 Å². The molecule has 1 fully saturated rings. The van der Waals surface area contributed by atoms with Crippen LogP contribution in [0.2, 0.25) is 0 Å². The lowest BCUT2D eigenvalue weighted by molar-refractivity contribution is -0.125. The Morgan fingerprint density at radius 3 is 2.42 bits per heavy atom. The molecule has 0 radical (unpaired) electrons. The van der Waals surface area contributed by atoms with Gasteiger partial charge in [0.25, 0.3) is 0 Å². The van der Waals surface area contributed by atoms with Gasteiger partial charge in [-0.15, -0.1) is 0 Å². The number of rotatable bonds is 8. The predicted molar refractivity (Wildman–Crippen MR) is 118 cm³/mol. The van der Waals surface area contributed by atoms with E-state index in [2.05, 4.69) is 10.6 Å². The number of carbonyl (C=O) groups is 2. The molecule has 2 N–H and O–H groups in total. The normalized spacial score (nSPS) is 17.4. The second kappa shape index (κ2) is 10.4. The maximum absolute atomic E-state index is 13.3. The largest absolute Gasteiger partial charge is 0.497 e. The van der Waals surface area contributed by atoms with Gasteiger partial charge in [-0.25, -0.2) is 4.39 Å².